The molecule has 0 amide bonds. The van der Waals surface area contributed by atoms with E-state index in [9.17, 15) is 5.11 Å². The van der Waals surface area contributed by atoms with Crippen LogP contribution in [0.1, 0.15) is 49.4 Å². The molecule has 8 heteroatoms. The standard InChI is InChI=1S/C43H52O8/c1-4-36-38(44)40(47-27-34-21-13-7-14-22-34)41(48-28-35-23-15-8-16-24-35)43(49-36)51-42-31(3)39(46-26-33-19-11-6-12-20-33)30(2)37(50-42)29-45-25-32-17-9-5-10-18-32/h5-24,30-31,36-44H,4,25-29H2,1-3H3/t30-,31?,36?,37-,38-,39?,40+,41?,42-,43-/m1/s1. The molecule has 4 aromatic carbocycles. The van der Waals surface area contributed by atoms with Gasteiger partial charge in [0.05, 0.1) is 51.3 Å². The van der Waals surface area contributed by atoms with Crippen LogP contribution in [0.2, 0.25) is 0 Å². The van der Waals surface area contributed by atoms with Gasteiger partial charge >= 0.3 is 0 Å². The molecular weight excluding hydrogens is 644 g/mol. The van der Waals surface area contributed by atoms with Crippen molar-refractivity contribution in [2.45, 2.75) is 103 Å². The number of ether oxygens (including phenoxy) is 7. The molecule has 2 fully saturated rings. The van der Waals surface area contributed by atoms with E-state index in [0.29, 0.717) is 39.5 Å². The Kier molecular flexibility index (Phi) is 13.8. The predicted molar refractivity (Wildman–Crippen MR) is 194 cm³/mol. The molecule has 4 aromatic rings. The Bertz CT molecular complexity index is 1540. The summed E-state index contributed by atoms with van der Waals surface area (Å²) in [6, 6.07) is 40.2. The largest absolute Gasteiger partial charge is 0.388 e. The van der Waals surface area contributed by atoms with Crippen molar-refractivity contribution in [3.8, 4) is 0 Å². The Morgan fingerprint density at radius 3 is 1.43 bits per heavy atom. The van der Waals surface area contributed by atoms with Crippen molar-refractivity contribution in [2.75, 3.05) is 6.61 Å². The fourth-order valence-corrected chi connectivity index (χ4v) is 6.92. The van der Waals surface area contributed by atoms with Gasteiger partial charge in [-0.2, -0.15) is 0 Å². The lowest BCUT2D eigenvalue weighted by Gasteiger charge is -2.48. The molecule has 0 aromatic heterocycles. The van der Waals surface area contributed by atoms with Crippen LogP contribution in [0, 0.1) is 11.8 Å². The van der Waals surface area contributed by atoms with Crippen LogP contribution in [-0.2, 0) is 59.6 Å². The highest BCUT2D eigenvalue weighted by Gasteiger charge is 2.50. The number of benzene rings is 4. The van der Waals surface area contributed by atoms with Gasteiger partial charge in [0.2, 0.25) is 0 Å². The van der Waals surface area contributed by atoms with E-state index in [1.54, 1.807) is 0 Å². The van der Waals surface area contributed by atoms with Crippen molar-refractivity contribution < 1.29 is 38.3 Å². The summed E-state index contributed by atoms with van der Waals surface area (Å²) in [6.45, 7) is 8.14. The predicted octanol–water partition coefficient (Wildman–Crippen LogP) is 7.47. The van der Waals surface area contributed by atoms with Gasteiger partial charge in [-0.3, -0.25) is 0 Å². The van der Waals surface area contributed by atoms with Crippen molar-refractivity contribution in [2.24, 2.45) is 11.8 Å². The lowest BCUT2D eigenvalue weighted by molar-refractivity contribution is -0.374. The van der Waals surface area contributed by atoms with Crippen molar-refractivity contribution in [1.29, 1.82) is 0 Å². The van der Waals surface area contributed by atoms with E-state index in [2.05, 4.69) is 38.1 Å². The maximum Gasteiger partial charge on any atom is 0.189 e. The maximum absolute atomic E-state index is 11.6. The summed E-state index contributed by atoms with van der Waals surface area (Å²) in [5.74, 6) is -0.146. The summed E-state index contributed by atoms with van der Waals surface area (Å²) in [7, 11) is 0. The van der Waals surface area contributed by atoms with E-state index in [1.165, 1.54) is 0 Å². The molecule has 0 aliphatic carbocycles. The minimum Gasteiger partial charge on any atom is -0.388 e. The molecule has 2 aliphatic rings. The average Bonchev–Trinajstić information content (AvgIpc) is 3.17. The Labute approximate surface area is 302 Å². The summed E-state index contributed by atoms with van der Waals surface area (Å²) in [6.07, 6.45) is -4.45. The molecule has 8 nitrogen and oxygen atoms in total. The van der Waals surface area contributed by atoms with Crippen molar-refractivity contribution in [3.63, 3.8) is 0 Å². The van der Waals surface area contributed by atoms with Gasteiger partial charge in [-0.05, 0) is 28.7 Å². The first kappa shape index (κ1) is 37.3. The van der Waals surface area contributed by atoms with Crippen LogP contribution < -0.4 is 0 Å². The molecule has 2 heterocycles. The molecule has 4 unspecified atom stereocenters. The normalized spacial score (nSPS) is 29.5. The maximum atomic E-state index is 11.6. The van der Waals surface area contributed by atoms with E-state index < -0.39 is 37.0 Å². The van der Waals surface area contributed by atoms with Gasteiger partial charge < -0.3 is 38.3 Å². The molecule has 0 radical (unpaired) electrons. The lowest BCUT2D eigenvalue weighted by Crippen LogP contribution is -2.62. The SMILES string of the molecule is CCC1O[C@H](O[C@H]2O[C@H](COCc3ccccc3)[C@@H](C)C(OCc3ccccc3)C2C)C(OCc2ccccc2)[C@@H](OCc2ccccc2)[C@@H]1O. The summed E-state index contributed by atoms with van der Waals surface area (Å²) < 4.78 is 46.0. The van der Waals surface area contributed by atoms with Crippen LogP contribution in [0.4, 0.5) is 0 Å². The fourth-order valence-electron chi connectivity index (χ4n) is 6.92. The van der Waals surface area contributed by atoms with Gasteiger partial charge in [0.15, 0.2) is 12.6 Å². The Morgan fingerprint density at radius 2 is 0.941 bits per heavy atom. The molecular formula is C43H52O8. The highest BCUT2D eigenvalue weighted by atomic mass is 16.8. The molecule has 0 saturated carbocycles. The van der Waals surface area contributed by atoms with Crippen LogP contribution in [-0.4, -0.2) is 60.9 Å². The summed E-state index contributed by atoms with van der Waals surface area (Å²) in [5, 5.41) is 11.6. The van der Waals surface area contributed by atoms with Gasteiger partial charge in [-0.1, -0.05) is 142 Å². The highest BCUT2D eigenvalue weighted by molar-refractivity contribution is 5.16. The summed E-state index contributed by atoms with van der Waals surface area (Å²) in [4.78, 5) is 0. The van der Waals surface area contributed by atoms with E-state index >= 15 is 0 Å². The second kappa shape index (κ2) is 18.9. The zero-order chi connectivity index (χ0) is 35.4. The number of rotatable bonds is 16. The van der Waals surface area contributed by atoms with Crippen LogP contribution in [0.15, 0.2) is 121 Å². The molecule has 51 heavy (non-hydrogen) atoms. The first-order valence-electron chi connectivity index (χ1n) is 18.2. The summed E-state index contributed by atoms with van der Waals surface area (Å²) >= 11 is 0. The fraction of sp³-hybridized carbons (Fsp3) is 0.442. The highest BCUT2D eigenvalue weighted by Crippen LogP contribution is 2.37. The number of hydrogen-bond donors (Lipinski definition) is 1. The second-order valence-corrected chi connectivity index (χ2v) is 13.6. The molecule has 272 valence electrons. The number of aliphatic hydroxyl groups is 1. The summed E-state index contributed by atoms with van der Waals surface area (Å²) in [5.41, 5.74) is 4.18. The van der Waals surface area contributed by atoms with Crippen LogP contribution in [0.5, 0.6) is 0 Å². The van der Waals surface area contributed by atoms with Gasteiger partial charge in [-0.25, -0.2) is 0 Å². The third-order valence-corrected chi connectivity index (χ3v) is 9.90. The molecule has 2 aliphatic heterocycles. The zero-order valence-electron chi connectivity index (χ0n) is 29.9. The van der Waals surface area contributed by atoms with Crippen molar-refractivity contribution >= 4 is 0 Å². The molecule has 10 atom stereocenters. The van der Waals surface area contributed by atoms with E-state index in [-0.39, 0.29) is 24.0 Å². The first-order chi connectivity index (χ1) is 25.0. The second-order valence-electron chi connectivity index (χ2n) is 13.6. The molecule has 1 N–H and O–H groups in total. The van der Waals surface area contributed by atoms with E-state index in [4.69, 9.17) is 33.2 Å². The third kappa shape index (κ3) is 10.1. The molecule has 6 rings (SSSR count). The van der Waals surface area contributed by atoms with Gasteiger partial charge in [-0.15, -0.1) is 0 Å². The topological polar surface area (TPSA) is 84.8 Å². The van der Waals surface area contributed by atoms with Gasteiger partial charge in [0.25, 0.3) is 0 Å². The number of aliphatic hydroxyl groups excluding tert-OH is 1. The Balaban J connectivity index is 1.23. The smallest absolute Gasteiger partial charge is 0.189 e. The quantitative estimate of drug-likeness (QED) is 0.129. The first-order valence-corrected chi connectivity index (χ1v) is 18.2. The Morgan fingerprint density at radius 1 is 0.510 bits per heavy atom. The minimum atomic E-state index is -0.926. The lowest BCUT2D eigenvalue weighted by atomic mass is 9.85. The average molecular weight is 697 g/mol. The van der Waals surface area contributed by atoms with Crippen LogP contribution >= 0.6 is 0 Å². The molecule has 0 bridgehead atoms. The van der Waals surface area contributed by atoms with E-state index in [0.717, 1.165) is 22.3 Å². The third-order valence-electron chi connectivity index (χ3n) is 9.90. The van der Waals surface area contributed by atoms with Crippen LogP contribution in [0.25, 0.3) is 0 Å². The van der Waals surface area contributed by atoms with Crippen molar-refractivity contribution in [3.05, 3.63) is 144 Å². The zero-order valence-corrected chi connectivity index (χ0v) is 29.9. The van der Waals surface area contributed by atoms with Gasteiger partial charge in [0, 0.05) is 11.8 Å². The van der Waals surface area contributed by atoms with E-state index in [1.807, 2.05) is 104 Å². The Hall–Kier alpha value is -3.44. The van der Waals surface area contributed by atoms with Crippen molar-refractivity contribution in [1.82, 2.24) is 0 Å². The van der Waals surface area contributed by atoms with Gasteiger partial charge in [0.1, 0.15) is 18.3 Å². The van der Waals surface area contributed by atoms with Crippen LogP contribution in [0.3, 0.4) is 0 Å². The minimum absolute atomic E-state index is 0.0175. The number of hydrogen-bond acceptors (Lipinski definition) is 8. The monoisotopic (exact) mass is 696 g/mol. The molecule has 0 spiro atoms. The molecule has 2 saturated heterocycles.